The Hall–Kier alpha value is -2.57. The predicted molar refractivity (Wildman–Crippen MR) is 196 cm³/mol. The minimum Gasteiger partial charge on any atom is -0.507 e. The lowest BCUT2D eigenvalue weighted by atomic mass is 10.0. The summed E-state index contributed by atoms with van der Waals surface area (Å²) in [7, 11) is -21.0. The number of hydrogen-bond acceptors (Lipinski definition) is 14. The summed E-state index contributed by atoms with van der Waals surface area (Å²) >= 11 is 6.32. The van der Waals surface area contributed by atoms with Gasteiger partial charge in [0.15, 0.2) is 0 Å². The number of likely N-dealkylation sites (tertiary alicyclic amines) is 2. The molecule has 54 heavy (non-hydrogen) atoms. The molecule has 296 valence electrons. The third-order valence-corrected chi connectivity index (χ3v) is 13.4. The largest absolute Gasteiger partial charge is 0.507 e. The van der Waals surface area contributed by atoms with E-state index in [0.717, 1.165) is 83.7 Å². The van der Waals surface area contributed by atoms with E-state index in [1.54, 1.807) is 7.11 Å². The highest BCUT2D eigenvalue weighted by Gasteiger charge is 2.44. The highest BCUT2D eigenvalue weighted by Crippen LogP contribution is 2.69. The van der Waals surface area contributed by atoms with Crippen molar-refractivity contribution in [1.29, 1.82) is 0 Å². The number of methoxy groups -OCH3 is 1. The summed E-state index contributed by atoms with van der Waals surface area (Å²) in [6.07, 6.45) is 4.85. The molecular formula is C29H38ClN5O15P4. The number of aromatic hydroxyl groups is 1. The molecule has 0 aliphatic carbocycles. The van der Waals surface area contributed by atoms with Crippen molar-refractivity contribution < 1.29 is 70.4 Å². The molecule has 4 heterocycles. The number of nitrogens with zero attached hydrogens (tertiary/aromatic N) is 4. The number of aromatic nitrogens is 2. The van der Waals surface area contributed by atoms with E-state index >= 15 is 0 Å². The Kier molecular flexibility index (Phi) is 13.6. The monoisotopic (exact) mass is 855 g/mol. The summed E-state index contributed by atoms with van der Waals surface area (Å²) in [5.41, 5.74) is 5.96. The number of benzene rings is 2. The Balaban J connectivity index is 0.000000281. The number of phosphoric acid groups is 4. The first-order chi connectivity index (χ1) is 25.2. The minimum absolute atomic E-state index is 0.417. The Morgan fingerprint density at radius 2 is 1.24 bits per heavy atom. The summed E-state index contributed by atoms with van der Waals surface area (Å²) in [6, 6.07) is 13.6. The Labute approximate surface area is 313 Å². The maximum absolute atomic E-state index is 11.3. The molecule has 0 radical (unpaired) electrons. The van der Waals surface area contributed by atoms with Crippen LogP contribution >= 0.6 is 42.9 Å². The van der Waals surface area contributed by atoms with Crippen LogP contribution in [0.1, 0.15) is 36.8 Å². The van der Waals surface area contributed by atoms with Crippen LogP contribution in [-0.2, 0) is 44.3 Å². The lowest BCUT2D eigenvalue weighted by Gasteiger charge is -2.22. The van der Waals surface area contributed by atoms with Crippen molar-refractivity contribution >= 4 is 76.2 Å². The van der Waals surface area contributed by atoms with Gasteiger partial charge >= 0.3 is 31.3 Å². The maximum atomic E-state index is 11.3. The number of halogens is 1. The van der Waals surface area contributed by atoms with Crippen molar-refractivity contribution in [2.45, 2.75) is 38.8 Å². The molecule has 2 aliphatic heterocycles. The molecule has 0 spiro atoms. The zero-order valence-electron chi connectivity index (χ0n) is 28.5. The molecule has 20 nitrogen and oxygen atoms in total. The van der Waals surface area contributed by atoms with Crippen molar-refractivity contribution in [3.8, 4) is 11.6 Å². The van der Waals surface area contributed by atoms with Gasteiger partial charge in [-0.2, -0.15) is 12.9 Å². The molecule has 2 aromatic heterocycles. The molecule has 2 unspecified atom stereocenters. The zero-order valence-corrected chi connectivity index (χ0v) is 32.8. The molecular weight excluding hydrogens is 818 g/mol. The van der Waals surface area contributed by atoms with Gasteiger partial charge in [-0.05, 0) is 88.3 Å². The summed E-state index contributed by atoms with van der Waals surface area (Å²) in [5.74, 6) is 0.946. The number of phenolic OH excluding ortho intramolecular Hbond substituents is 1. The number of rotatable bonds is 13. The van der Waals surface area contributed by atoms with Crippen LogP contribution in [0.15, 0.2) is 42.5 Å². The Bertz CT molecular complexity index is 2110. The Morgan fingerprint density at radius 1 is 0.722 bits per heavy atom. The molecule has 8 N–H and O–H groups in total. The smallest absolute Gasteiger partial charge is 0.490 e. The fourth-order valence-corrected chi connectivity index (χ4v) is 10.2. The minimum atomic E-state index is -5.77. The van der Waals surface area contributed by atoms with Gasteiger partial charge in [0, 0.05) is 46.4 Å². The molecule has 0 saturated carbocycles. The number of nitrogens with one attached hydrogen (secondary N) is 1. The number of anilines is 2. The summed E-state index contributed by atoms with van der Waals surface area (Å²) in [5, 5.41) is 16.5. The van der Waals surface area contributed by atoms with Gasteiger partial charge in [-0.1, -0.05) is 11.6 Å². The van der Waals surface area contributed by atoms with E-state index in [9.17, 15) is 23.4 Å². The number of ether oxygens (including phenoxy) is 1. The van der Waals surface area contributed by atoms with Gasteiger partial charge in [0.2, 0.25) is 5.88 Å². The number of fused-ring (bicyclic) bond motifs is 2. The van der Waals surface area contributed by atoms with Crippen molar-refractivity contribution in [3.63, 3.8) is 0 Å². The van der Waals surface area contributed by atoms with E-state index in [-0.39, 0.29) is 0 Å². The second-order valence-corrected chi connectivity index (χ2v) is 18.5. The topological polar surface area (TPSA) is 291 Å². The lowest BCUT2D eigenvalue weighted by Crippen LogP contribution is -2.20. The van der Waals surface area contributed by atoms with Crippen molar-refractivity contribution in [2.24, 2.45) is 0 Å². The van der Waals surface area contributed by atoms with E-state index in [4.69, 9.17) is 55.7 Å². The SMILES string of the molecule is COc1ccc2nc3cc(Cl)ccc3c(Nc3cc(CN4CCCC4)c(O)c(CN4CCCC4)c3)c2n1.O=P(O)(O)OP(=O)(O)OP(=O)(O)OP(=O)(O)O. The lowest BCUT2D eigenvalue weighted by molar-refractivity contribution is 0.193. The van der Waals surface area contributed by atoms with Gasteiger partial charge in [0.05, 0.1) is 23.8 Å². The quantitative estimate of drug-likeness (QED) is 0.0467. The summed E-state index contributed by atoms with van der Waals surface area (Å²) in [6.45, 7) is 5.78. The first-order valence-corrected chi connectivity index (χ1v) is 22.5. The number of pyridine rings is 2. The number of hydrogen-bond donors (Lipinski definition) is 8. The highest BCUT2D eigenvalue weighted by molar-refractivity contribution is 7.69. The summed E-state index contributed by atoms with van der Waals surface area (Å²) < 4.78 is 56.3. The standard InChI is InChI=1S/C29H32ClN5O2.H6O13P4/c1-37-26-9-8-24-28(33-26)27(23-7-6-21(30)16-25(23)32-24)31-22-14-19(17-34-10-2-3-11-34)29(36)20(15-22)18-35-12-4-5-13-35;1-14(2,3)11-16(7,8)13-17(9,10)12-15(4,5)6/h6-9,14-16,36H,2-5,10-13,17-18H2,1H3,(H,31,32);(H,7,8)(H,9,10)(H2,1,2,3)(H2,4,5,6). The van der Waals surface area contributed by atoms with E-state index in [0.29, 0.717) is 16.7 Å². The zero-order chi connectivity index (χ0) is 39.5. The van der Waals surface area contributed by atoms with Gasteiger partial charge in [-0.15, -0.1) is 0 Å². The van der Waals surface area contributed by atoms with Crippen LogP contribution in [0.3, 0.4) is 0 Å². The fourth-order valence-electron chi connectivity index (χ4n) is 6.02. The molecule has 25 heteroatoms. The van der Waals surface area contributed by atoms with Crippen molar-refractivity contribution in [3.05, 3.63) is 58.6 Å². The van der Waals surface area contributed by atoms with E-state index in [1.807, 2.05) is 30.3 Å². The van der Waals surface area contributed by atoms with Gasteiger partial charge in [-0.3, -0.25) is 9.80 Å². The normalized spacial score (nSPS) is 17.9. The van der Waals surface area contributed by atoms with Gasteiger partial charge in [0.25, 0.3) is 0 Å². The molecule has 6 rings (SSSR count). The van der Waals surface area contributed by atoms with Crippen LogP contribution < -0.4 is 10.1 Å². The van der Waals surface area contributed by atoms with E-state index in [2.05, 4.69) is 40.2 Å². The molecule has 2 fully saturated rings. The Morgan fingerprint density at radius 3 is 1.72 bits per heavy atom. The average molecular weight is 856 g/mol. The van der Waals surface area contributed by atoms with Crippen LogP contribution in [-0.4, -0.2) is 87.5 Å². The molecule has 2 atom stereocenters. The molecule has 4 aromatic rings. The second kappa shape index (κ2) is 17.3. The first kappa shape index (κ1) is 42.6. The first-order valence-electron chi connectivity index (χ1n) is 16.1. The average Bonchev–Trinajstić information content (AvgIpc) is 3.75. The van der Waals surface area contributed by atoms with Crippen LogP contribution in [0.2, 0.25) is 5.02 Å². The fraction of sp³-hybridized carbons (Fsp3) is 0.379. The van der Waals surface area contributed by atoms with Gasteiger partial charge in [0.1, 0.15) is 11.3 Å². The third kappa shape index (κ3) is 12.2. The molecule has 0 bridgehead atoms. The van der Waals surface area contributed by atoms with Gasteiger partial charge in [-0.25, -0.2) is 28.2 Å². The van der Waals surface area contributed by atoms with Crippen LogP contribution in [0.4, 0.5) is 11.4 Å². The van der Waals surface area contributed by atoms with Crippen LogP contribution in [0.25, 0.3) is 21.9 Å². The summed E-state index contributed by atoms with van der Waals surface area (Å²) in [4.78, 5) is 63.8. The van der Waals surface area contributed by atoms with E-state index in [1.165, 1.54) is 25.7 Å². The molecule has 2 aliphatic rings. The van der Waals surface area contributed by atoms with Crippen LogP contribution in [0, 0.1) is 0 Å². The number of phenols is 1. The maximum Gasteiger partial charge on any atom is 0.490 e. The highest BCUT2D eigenvalue weighted by atomic mass is 35.5. The van der Waals surface area contributed by atoms with Crippen molar-refractivity contribution in [1.82, 2.24) is 19.8 Å². The predicted octanol–water partition coefficient (Wildman–Crippen LogP) is 5.51. The van der Waals surface area contributed by atoms with Crippen molar-refractivity contribution in [2.75, 3.05) is 38.6 Å². The van der Waals surface area contributed by atoms with Gasteiger partial charge < -0.3 is 44.5 Å². The molecule has 2 saturated heterocycles. The van der Waals surface area contributed by atoms with E-state index < -0.39 is 31.3 Å². The molecule has 0 amide bonds. The third-order valence-electron chi connectivity index (χ3n) is 8.11. The second-order valence-electron chi connectivity index (χ2n) is 12.3. The van der Waals surface area contributed by atoms with Crippen LogP contribution in [0.5, 0.6) is 11.6 Å². The molecule has 2 aromatic carbocycles.